The molecule has 1 aliphatic heterocycles. The fourth-order valence-corrected chi connectivity index (χ4v) is 1.84. The van der Waals surface area contributed by atoms with Gasteiger partial charge in [-0.1, -0.05) is 6.07 Å². The molecule has 5 heteroatoms. The summed E-state index contributed by atoms with van der Waals surface area (Å²) in [5.74, 6) is 0. The van der Waals surface area contributed by atoms with Crippen molar-refractivity contribution in [1.82, 2.24) is 0 Å². The highest BCUT2D eigenvalue weighted by Gasteiger charge is 2.33. The highest BCUT2D eigenvalue weighted by atomic mass is 19.4. The fourth-order valence-electron chi connectivity index (χ4n) is 1.84. The van der Waals surface area contributed by atoms with Gasteiger partial charge >= 0.3 is 6.18 Å². The van der Waals surface area contributed by atoms with Crippen LogP contribution in [0.15, 0.2) is 18.2 Å². The van der Waals surface area contributed by atoms with Crippen LogP contribution in [0.25, 0.3) is 0 Å². The molecule has 1 aromatic carbocycles. The molecule has 0 fully saturated rings. The van der Waals surface area contributed by atoms with Crippen molar-refractivity contribution in [2.45, 2.75) is 31.7 Å². The molecular weight excluding hydrogens is 219 g/mol. The summed E-state index contributed by atoms with van der Waals surface area (Å²) in [6.45, 7) is 1.62. The third kappa shape index (κ3) is 2.00. The minimum absolute atomic E-state index is 0.196. The average molecular weight is 231 g/mol. The van der Waals surface area contributed by atoms with E-state index >= 15 is 0 Å². The number of fused-ring (bicyclic) bond motifs is 1. The molecule has 1 heterocycles. The molecule has 16 heavy (non-hydrogen) atoms. The van der Waals surface area contributed by atoms with Crippen LogP contribution in [0.3, 0.4) is 0 Å². The van der Waals surface area contributed by atoms with Crippen LogP contribution in [-0.4, -0.2) is 17.3 Å². The molecule has 2 rings (SSSR count). The fraction of sp³-hybridized carbons (Fsp3) is 0.455. The Balaban J connectivity index is 2.28. The summed E-state index contributed by atoms with van der Waals surface area (Å²) in [6, 6.07) is 3.44. The lowest BCUT2D eigenvalue weighted by atomic mass is 10.1. The number of nitrogens with one attached hydrogen (secondary N) is 1. The topological polar surface area (TPSA) is 32.3 Å². The second kappa shape index (κ2) is 3.66. The number of hydrogen-bond acceptors (Lipinski definition) is 2. The van der Waals surface area contributed by atoms with E-state index in [1.54, 1.807) is 6.92 Å². The van der Waals surface area contributed by atoms with Crippen LogP contribution in [-0.2, 0) is 12.6 Å². The molecule has 0 spiro atoms. The summed E-state index contributed by atoms with van der Waals surface area (Å²) in [7, 11) is 0. The Morgan fingerprint density at radius 1 is 1.44 bits per heavy atom. The number of halogens is 3. The maximum absolute atomic E-state index is 12.4. The number of rotatable bonds is 1. The molecule has 1 aliphatic rings. The van der Waals surface area contributed by atoms with Crippen LogP contribution in [0, 0.1) is 0 Å². The first-order valence-electron chi connectivity index (χ1n) is 5.02. The van der Waals surface area contributed by atoms with E-state index in [0.717, 1.165) is 17.7 Å². The van der Waals surface area contributed by atoms with Gasteiger partial charge in [-0.25, -0.2) is 0 Å². The summed E-state index contributed by atoms with van der Waals surface area (Å²) in [6.07, 6.45) is -4.34. The van der Waals surface area contributed by atoms with Crippen LogP contribution in [0.5, 0.6) is 0 Å². The zero-order chi connectivity index (χ0) is 11.9. The van der Waals surface area contributed by atoms with Gasteiger partial charge in [0, 0.05) is 5.69 Å². The molecule has 0 bridgehead atoms. The van der Waals surface area contributed by atoms with Crippen molar-refractivity contribution < 1.29 is 18.3 Å². The van der Waals surface area contributed by atoms with Gasteiger partial charge in [-0.2, -0.15) is 13.2 Å². The molecule has 0 aromatic heterocycles. The van der Waals surface area contributed by atoms with E-state index in [0.29, 0.717) is 12.1 Å². The van der Waals surface area contributed by atoms with Gasteiger partial charge in [0.1, 0.15) is 0 Å². The number of anilines is 1. The number of aliphatic hydroxyl groups is 1. The molecular formula is C11H12F3NO. The van der Waals surface area contributed by atoms with Gasteiger partial charge in [-0.05, 0) is 31.0 Å². The molecule has 0 amide bonds. The highest BCUT2D eigenvalue weighted by Crippen LogP contribution is 2.35. The quantitative estimate of drug-likeness (QED) is 0.778. The van der Waals surface area contributed by atoms with Gasteiger partial charge in [0.05, 0.1) is 17.7 Å². The van der Waals surface area contributed by atoms with Crippen LogP contribution in [0.1, 0.15) is 18.1 Å². The van der Waals surface area contributed by atoms with E-state index < -0.39 is 17.8 Å². The molecule has 0 radical (unpaired) electrons. The van der Waals surface area contributed by atoms with Crippen molar-refractivity contribution >= 4 is 5.69 Å². The molecule has 0 saturated carbocycles. The van der Waals surface area contributed by atoms with Crippen molar-refractivity contribution in [3.63, 3.8) is 0 Å². The standard InChI is InChI=1S/C11H12F3NO/c1-6(16)9-4-7-2-3-8(11(12,13)14)5-10(7)15-9/h2-3,5-6,9,15-16H,4H2,1H3. The highest BCUT2D eigenvalue weighted by molar-refractivity contribution is 5.59. The average Bonchev–Trinajstić information content (AvgIpc) is 2.58. The minimum Gasteiger partial charge on any atom is -0.391 e. The summed E-state index contributed by atoms with van der Waals surface area (Å²) in [5.41, 5.74) is 0.629. The predicted molar refractivity (Wildman–Crippen MR) is 54.2 cm³/mol. The number of aliphatic hydroxyl groups excluding tert-OH is 1. The van der Waals surface area contributed by atoms with E-state index in [2.05, 4.69) is 5.32 Å². The summed E-state index contributed by atoms with van der Waals surface area (Å²) >= 11 is 0. The summed E-state index contributed by atoms with van der Waals surface area (Å²) < 4.78 is 37.3. The SMILES string of the molecule is CC(O)C1Cc2ccc(C(F)(F)F)cc2N1. The number of hydrogen-bond donors (Lipinski definition) is 2. The molecule has 88 valence electrons. The van der Waals surface area contributed by atoms with Crippen molar-refractivity contribution in [3.05, 3.63) is 29.3 Å². The summed E-state index contributed by atoms with van der Waals surface area (Å²) in [4.78, 5) is 0. The molecule has 0 aliphatic carbocycles. The zero-order valence-electron chi connectivity index (χ0n) is 8.67. The Kier molecular flexibility index (Phi) is 2.58. The van der Waals surface area contributed by atoms with Crippen molar-refractivity contribution in [1.29, 1.82) is 0 Å². The van der Waals surface area contributed by atoms with Gasteiger partial charge in [-0.3, -0.25) is 0 Å². The largest absolute Gasteiger partial charge is 0.416 e. The van der Waals surface area contributed by atoms with Crippen molar-refractivity contribution in [2.75, 3.05) is 5.32 Å². The lowest BCUT2D eigenvalue weighted by Crippen LogP contribution is -2.28. The number of alkyl halides is 3. The molecule has 2 nitrogen and oxygen atoms in total. The molecule has 2 atom stereocenters. The van der Waals surface area contributed by atoms with E-state index in [1.165, 1.54) is 6.07 Å². The third-order valence-electron chi connectivity index (χ3n) is 2.80. The Hall–Kier alpha value is -1.23. The minimum atomic E-state index is -4.32. The monoisotopic (exact) mass is 231 g/mol. The van der Waals surface area contributed by atoms with Gasteiger partial charge in [0.15, 0.2) is 0 Å². The molecule has 2 N–H and O–H groups in total. The van der Waals surface area contributed by atoms with Crippen molar-refractivity contribution in [2.24, 2.45) is 0 Å². The van der Waals surface area contributed by atoms with Crippen LogP contribution in [0.4, 0.5) is 18.9 Å². The van der Waals surface area contributed by atoms with Gasteiger partial charge in [0.25, 0.3) is 0 Å². The zero-order valence-corrected chi connectivity index (χ0v) is 8.67. The maximum Gasteiger partial charge on any atom is 0.416 e. The summed E-state index contributed by atoms with van der Waals surface area (Å²) in [5, 5.41) is 12.3. The van der Waals surface area contributed by atoms with Gasteiger partial charge in [-0.15, -0.1) is 0 Å². The normalized spacial score (nSPS) is 21.4. The van der Waals surface area contributed by atoms with Gasteiger partial charge < -0.3 is 10.4 Å². The lowest BCUT2D eigenvalue weighted by molar-refractivity contribution is -0.137. The first kappa shape index (κ1) is 11.3. The first-order valence-corrected chi connectivity index (χ1v) is 5.02. The van der Waals surface area contributed by atoms with Crippen LogP contribution >= 0.6 is 0 Å². The Labute approximate surface area is 91.1 Å². The smallest absolute Gasteiger partial charge is 0.391 e. The Morgan fingerprint density at radius 3 is 2.69 bits per heavy atom. The molecule has 1 aromatic rings. The Bertz CT molecular complexity index is 401. The van der Waals surface area contributed by atoms with Gasteiger partial charge in [0.2, 0.25) is 0 Å². The van der Waals surface area contributed by atoms with E-state index in [4.69, 9.17) is 0 Å². The number of benzene rings is 1. The van der Waals surface area contributed by atoms with Crippen LogP contribution in [0.2, 0.25) is 0 Å². The van der Waals surface area contributed by atoms with E-state index in [9.17, 15) is 18.3 Å². The second-order valence-corrected chi connectivity index (χ2v) is 4.07. The lowest BCUT2D eigenvalue weighted by Gasteiger charge is -2.14. The Morgan fingerprint density at radius 2 is 2.12 bits per heavy atom. The van der Waals surface area contributed by atoms with E-state index in [-0.39, 0.29) is 6.04 Å². The molecule has 0 saturated heterocycles. The third-order valence-corrected chi connectivity index (χ3v) is 2.80. The van der Waals surface area contributed by atoms with Crippen LogP contribution < -0.4 is 5.32 Å². The first-order chi connectivity index (χ1) is 7.38. The second-order valence-electron chi connectivity index (χ2n) is 4.07. The molecule has 2 unspecified atom stereocenters. The maximum atomic E-state index is 12.4. The van der Waals surface area contributed by atoms with Crippen molar-refractivity contribution in [3.8, 4) is 0 Å². The van der Waals surface area contributed by atoms with E-state index in [1.807, 2.05) is 0 Å². The predicted octanol–water partition coefficient (Wildman–Crippen LogP) is 2.42.